The Morgan fingerprint density at radius 2 is 1.47 bits per heavy atom. The molecule has 4 aliphatic rings. The minimum atomic E-state index is -1.71. The zero-order valence-corrected chi connectivity index (χ0v) is 32.9. The van der Waals surface area contributed by atoms with Gasteiger partial charge in [-0.3, -0.25) is 24.0 Å². The molecule has 0 saturated carbocycles. The molecule has 0 aromatic heterocycles. The summed E-state index contributed by atoms with van der Waals surface area (Å²) < 4.78 is 61.4. The van der Waals surface area contributed by atoms with Crippen LogP contribution in [0.5, 0.6) is 5.75 Å². The topological polar surface area (TPSA) is 238 Å². The summed E-state index contributed by atoms with van der Waals surface area (Å²) in [5.41, 5.74) is -1.17. The quantitative estimate of drug-likeness (QED) is 0.0910. The van der Waals surface area contributed by atoms with Gasteiger partial charge in [-0.25, -0.2) is 14.4 Å². The lowest BCUT2D eigenvalue weighted by Gasteiger charge is -2.46. The molecule has 0 unspecified atom stereocenters. The number of ether oxygens (including phenoxy) is 11. The molecule has 5 rings (SSSR count). The highest BCUT2D eigenvalue weighted by molar-refractivity contribution is 5.95. The van der Waals surface area contributed by atoms with E-state index in [0.29, 0.717) is 11.3 Å². The average Bonchev–Trinajstić information content (AvgIpc) is 3.70. The zero-order valence-electron chi connectivity index (χ0n) is 32.9. The molecule has 59 heavy (non-hydrogen) atoms. The van der Waals surface area contributed by atoms with Gasteiger partial charge in [-0.2, -0.15) is 0 Å². The SMILES string of the molecule is COC(=O)C1=CO[C@@H](O[C@@H]2O[C@H](COC(C)=O)[C@@H](OC(C)=O)[C@H](OC(C)=O)[C@H]2OC(C)=O)[C@H]2[C@@H]1C=C[C@@]21C=C([C@H](C)OC(=O)C=Cc2ccc(OC(C)=O)cc2)C(=O)O1. The van der Waals surface area contributed by atoms with E-state index in [0.717, 1.165) is 47.1 Å². The zero-order chi connectivity index (χ0) is 43.2. The van der Waals surface area contributed by atoms with Crippen molar-refractivity contribution in [2.45, 2.75) is 90.2 Å². The summed E-state index contributed by atoms with van der Waals surface area (Å²) in [5, 5.41) is 0. The minimum absolute atomic E-state index is 0.00965. The van der Waals surface area contributed by atoms with E-state index in [4.69, 9.17) is 52.1 Å². The van der Waals surface area contributed by atoms with E-state index >= 15 is 0 Å². The molecule has 19 heteroatoms. The van der Waals surface area contributed by atoms with Crippen LogP contribution in [0.1, 0.15) is 47.1 Å². The van der Waals surface area contributed by atoms with E-state index in [2.05, 4.69) is 0 Å². The molecule has 1 aliphatic carbocycles. The van der Waals surface area contributed by atoms with Crippen molar-refractivity contribution in [3.63, 3.8) is 0 Å². The summed E-state index contributed by atoms with van der Waals surface area (Å²) in [6.07, 6.45) is -2.29. The van der Waals surface area contributed by atoms with Crippen molar-refractivity contribution >= 4 is 53.8 Å². The van der Waals surface area contributed by atoms with Crippen molar-refractivity contribution in [1.29, 1.82) is 0 Å². The van der Waals surface area contributed by atoms with Gasteiger partial charge < -0.3 is 52.1 Å². The molecule has 1 spiro atoms. The smallest absolute Gasteiger partial charge is 0.338 e. The molecule has 10 atom stereocenters. The second-order valence-electron chi connectivity index (χ2n) is 13.6. The average molecular weight is 827 g/mol. The van der Waals surface area contributed by atoms with Gasteiger partial charge in [-0.1, -0.05) is 18.2 Å². The van der Waals surface area contributed by atoms with Gasteiger partial charge >= 0.3 is 47.8 Å². The maximum Gasteiger partial charge on any atom is 0.338 e. The second-order valence-corrected chi connectivity index (χ2v) is 13.6. The van der Waals surface area contributed by atoms with E-state index in [9.17, 15) is 38.4 Å². The summed E-state index contributed by atoms with van der Waals surface area (Å²) in [6.45, 7) is 6.49. The number of fused-ring (bicyclic) bond motifs is 2. The summed E-state index contributed by atoms with van der Waals surface area (Å²) in [6, 6.07) is 6.30. The van der Waals surface area contributed by atoms with Gasteiger partial charge in [0.15, 0.2) is 23.9 Å². The van der Waals surface area contributed by atoms with Crippen LogP contribution in [0, 0.1) is 11.8 Å². The van der Waals surface area contributed by atoms with E-state index in [1.54, 1.807) is 30.3 Å². The number of rotatable bonds is 13. The molecule has 3 heterocycles. The third-order valence-electron chi connectivity index (χ3n) is 9.26. The molecule has 1 saturated heterocycles. The van der Waals surface area contributed by atoms with Gasteiger partial charge in [-0.05, 0) is 42.8 Å². The van der Waals surface area contributed by atoms with Crippen LogP contribution in [0.15, 0.2) is 66.0 Å². The fraction of sp³-hybridized carbons (Fsp3) is 0.450. The van der Waals surface area contributed by atoms with Crippen molar-refractivity contribution < 1.29 is 90.5 Å². The molecular formula is C40H42O19. The molecule has 3 aliphatic heterocycles. The van der Waals surface area contributed by atoms with Crippen molar-refractivity contribution in [1.82, 2.24) is 0 Å². The Hall–Kier alpha value is -6.34. The molecule has 1 aromatic rings. The first kappa shape index (κ1) is 43.8. The predicted octanol–water partition coefficient (Wildman–Crippen LogP) is 2.09. The first-order valence-electron chi connectivity index (χ1n) is 18.1. The number of esters is 8. The highest BCUT2D eigenvalue weighted by Gasteiger charge is 2.61. The van der Waals surface area contributed by atoms with Crippen LogP contribution in [-0.2, 0) is 85.7 Å². The number of allylic oxidation sites excluding steroid dienone is 1. The number of carbonyl (C=O) groups is 8. The molecule has 316 valence electrons. The van der Waals surface area contributed by atoms with Crippen molar-refractivity contribution in [3.8, 4) is 5.75 Å². The van der Waals surface area contributed by atoms with Crippen LogP contribution in [0.3, 0.4) is 0 Å². The molecule has 0 N–H and O–H groups in total. The molecule has 0 radical (unpaired) electrons. The Labute approximate surface area is 337 Å². The maximum absolute atomic E-state index is 13.5. The van der Waals surface area contributed by atoms with Gasteiger partial charge in [0.1, 0.15) is 24.6 Å². The van der Waals surface area contributed by atoms with Gasteiger partial charge in [-0.15, -0.1) is 0 Å². The molecule has 1 fully saturated rings. The van der Waals surface area contributed by atoms with Crippen LogP contribution in [-0.4, -0.2) is 110 Å². The Morgan fingerprint density at radius 3 is 2.08 bits per heavy atom. The standard InChI is InChI=1S/C40H42O19/c1-19(52-31(46)13-10-25-8-11-26(12-9-25)53-21(3)42)28-16-40(59-37(28)48)15-14-27-29(36(47)49-7)17-51-38(32(27)40)58-39-35(56-24(6)45)34(55-23(5)44)33(54-22(4)43)30(57-39)18-50-20(2)41/h8-17,19,27,30,32-35,38-39H,18H2,1-7H3/t19-,27+,30+,32+,33+,34-,35+,38-,39-,40+/m0/s1. The molecule has 0 bridgehead atoms. The minimum Gasteiger partial charge on any atom is -0.471 e. The highest BCUT2D eigenvalue weighted by atomic mass is 16.8. The van der Waals surface area contributed by atoms with Gasteiger partial charge in [0.2, 0.25) is 12.6 Å². The van der Waals surface area contributed by atoms with E-state index in [-0.39, 0.29) is 11.1 Å². The lowest BCUT2D eigenvalue weighted by atomic mass is 9.78. The molecule has 19 nitrogen and oxygen atoms in total. The van der Waals surface area contributed by atoms with Gasteiger partial charge in [0.05, 0.1) is 30.4 Å². The largest absolute Gasteiger partial charge is 0.471 e. The summed E-state index contributed by atoms with van der Waals surface area (Å²) in [4.78, 5) is 99.3. The number of hydrogen-bond donors (Lipinski definition) is 0. The molecule has 0 amide bonds. The normalized spacial score (nSPS) is 28.5. The Bertz CT molecular complexity index is 1980. The lowest BCUT2D eigenvalue weighted by Crippen LogP contribution is -2.64. The van der Waals surface area contributed by atoms with Crippen LogP contribution in [0.25, 0.3) is 6.08 Å². The summed E-state index contributed by atoms with van der Waals surface area (Å²) in [5.74, 6) is -7.99. The number of hydrogen-bond acceptors (Lipinski definition) is 19. The Balaban J connectivity index is 1.45. The van der Waals surface area contributed by atoms with Crippen molar-refractivity contribution in [2.24, 2.45) is 11.8 Å². The third-order valence-corrected chi connectivity index (χ3v) is 9.26. The van der Waals surface area contributed by atoms with Crippen LogP contribution < -0.4 is 4.74 Å². The number of methoxy groups -OCH3 is 1. The fourth-order valence-corrected chi connectivity index (χ4v) is 6.93. The predicted molar refractivity (Wildman–Crippen MR) is 193 cm³/mol. The van der Waals surface area contributed by atoms with Crippen molar-refractivity contribution in [3.05, 3.63) is 71.5 Å². The van der Waals surface area contributed by atoms with Crippen LogP contribution in [0.4, 0.5) is 0 Å². The number of carbonyl (C=O) groups excluding carboxylic acids is 8. The van der Waals surface area contributed by atoms with Gasteiger partial charge in [0, 0.05) is 46.6 Å². The maximum atomic E-state index is 13.5. The third kappa shape index (κ3) is 10.4. The molecular weight excluding hydrogens is 784 g/mol. The lowest BCUT2D eigenvalue weighted by molar-refractivity contribution is -0.347. The highest BCUT2D eigenvalue weighted by Crippen LogP contribution is 2.51. The molecule has 1 aromatic carbocycles. The second kappa shape index (κ2) is 18.5. The van der Waals surface area contributed by atoms with E-state index in [1.807, 2.05) is 0 Å². The first-order valence-corrected chi connectivity index (χ1v) is 18.1. The Morgan fingerprint density at radius 1 is 0.831 bits per heavy atom. The fourth-order valence-electron chi connectivity index (χ4n) is 6.93. The summed E-state index contributed by atoms with van der Waals surface area (Å²) >= 11 is 0. The summed E-state index contributed by atoms with van der Waals surface area (Å²) in [7, 11) is 1.16. The van der Waals surface area contributed by atoms with Crippen LogP contribution in [0.2, 0.25) is 0 Å². The van der Waals surface area contributed by atoms with E-state index < -0.39 is 115 Å². The monoisotopic (exact) mass is 826 g/mol. The first-order chi connectivity index (χ1) is 27.9. The Kier molecular flexibility index (Phi) is 13.7. The van der Waals surface area contributed by atoms with Gasteiger partial charge in [0.25, 0.3) is 0 Å². The number of benzene rings is 1. The van der Waals surface area contributed by atoms with E-state index in [1.165, 1.54) is 32.1 Å². The van der Waals surface area contributed by atoms with Crippen molar-refractivity contribution in [2.75, 3.05) is 13.7 Å². The van der Waals surface area contributed by atoms with Crippen LogP contribution >= 0.6 is 0 Å².